The highest BCUT2D eigenvalue weighted by molar-refractivity contribution is 6.12. The zero-order chi connectivity index (χ0) is 13.6. The van der Waals surface area contributed by atoms with Crippen LogP contribution >= 0.6 is 0 Å². The Bertz CT molecular complexity index is 641. The van der Waals surface area contributed by atoms with Crippen molar-refractivity contribution in [1.82, 2.24) is 15.6 Å². The highest BCUT2D eigenvalue weighted by Gasteiger charge is 2.32. The molecule has 0 bridgehead atoms. The molecule has 0 saturated carbocycles. The lowest BCUT2D eigenvalue weighted by Crippen LogP contribution is -2.33. The Morgan fingerprint density at radius 2 is 2.21 bits per heavy atom. The maximum atomic E-state index is 11.9. The molecule has 2 aliphatic rings. The molecule has 1 aromatic heterocycles. The SMILES string of the molecule is Cc1cc2c([nH]1)C(=O)NCC=C2C1N=C(N)NC1=O. The molecule has 5 N–H and O–H groups in total. The van der Waals surface area contributed by atoms with E-state index in [0.717, 1.165) is 5.69 Å². The number of nitrogens with zero attached hydrogens (tertiary/aromatic N) is 1. The monoisotopic (exact) mass is 259 g/mol. The van der Waals surface area contributed by atoms with E-state index in [1.807, 2.05) is 13.0 Å². The van der Waals surface area contributed by atoms with Crippen LogP contribution in [0.2, 0.25) is 0 Å². The third kappa shape index (κ3) is 1.79. The van der Waals surface area contributed by atoms with Crippen LogP contribution in [0.4, 0.5) is 0 Å². The van der Waals surface area contributed by atoms with Gasteiger partial charge in [0.05, 0.1) is 0 Å². The first-order valence-corrected chi connectivity index (χ1v) is 5.88. The van der Waals surface area contributed by atoms with Gasteiger partial charge in [-0.15, -0.1) is 0 Å². The van der Waals surface area contributed by atoms with Crippen LogP contribution < -0.4 is 16.4 Å². The maximum Gasteiger partial charge on any atom is 0.268 e. The third-order valence-corrected chi connectivity index (χ3v) is 3.14. The Balaban J connectivity index is 2.11. The van der Waals surface area contributed by atoms with Crippen molar-refractivity contribution in [2.24, 2.45) is 10.7 Å². The molecule has 19 heavy (non-hydrogen) atoms. The lowest BCUT2D eigenvalue weighted by Gasteiger charge is -2.08. The van der Waals surface area contributed by atoms with E-state index in [1.165, 1.54) is 0 Å². The minimum absolute atomic E-state index is 0.105. The summed E-state index contributed by atoms with van der Waals surface area (Å²) in [5, 5.41) is 5.20. The second-order valence-corrected chi connectivity index (χ2v) is 4.52. The van der Waals surface area contributed by atoms with Gasteiger partial charge in [0.15, 0.2) is 12.0 Å². The molecule has 3 heterocycles. The molecular weight excluding hydrogens is 246 g/mol. The Hall–Kier alpha value is -2.57. The number of fused-ring (bicyclic) bond motifs is 1. The lowest BCUT2D eigenvalue weighted by atomic mass is 9.98. The summed E-state index contributed by atoms with van der Waals surface area (Å²) in [6.45, 7) is 2.21. The van der Waals surface area contributed by atoms with E-state index in [0.29, 0.717) is 23.4 Å². The molecule has 0 aliphatic carbocycles. The first kappa shape index (κ1) is 11.5. The molecule has 3 rings (SSSR count). The topological polar surface area (TPSA) is 112 Å². The number of guanidine groups is 1. The van der Waals surface area contributed by atoms with E-state index in [9.17, 15) is 9.59 Å². The first-order chi connectivity index (χ1) is 9.06. The van der Waals surface area contributed by atoms with Gasteiger partial charge in [-0.3, -0.25) is 14.9 Å². The number of nitrogens with one attached hydrogen (secondary N) is 3. The fraction of sp³-hybridized carbons (Fsp3) is 0.250. The number of aliphatic imine (C=N–C) groups is 1. The predicted octanol–water partition coefficient (Wildman–Crippen LogP) is -0.737. The summed E-state index contributed by atoms with van der Waals surface area (Å²) in [6, 6.07) is 1.14. The number of aromatic amines is 1. The highest BCUT2D eigenvalue weighted by Crippen LogP contribution is 2.28. The number of nitrogens with two attached hydrogens (primary N) is 1. The molecule has 1 atom stereocenters. The molecule has 0 spiro atoms. The summed E-state index contributed by atoms with van der Waals surface area (Å²) in [5.74, 6) is -0.360. The number of H-pyrrole nitrogens is 1. The largest absolute Gasteiger partial charge is 0.370 e. The summed E-state index contributed by atoms with van der Waals surface area (Å²) < 4.78 is 0. The molecule has 1 aromatic rings. The number of rotatable bonds is 1. The molecule has 0 fully saturated rings. The Labute approximate surface area is 109 Å². The van der Waals surface area contributed by atoms with Crippen LogP contribution in [0, 0.1) is 6.92 Å². The molecule has 7 nitrogen and oxygen atoms in total. The number of amides is 2. The molecule has 1 unspecified atom stereocenters. The zero-order valence-electron chi connectivity index (χ0n) is 10.3. The van der Waals surface area contributed by atoms with Crippen LogP contribution in [0.25, 0.3) is 5.57 Å². The van der Waals surface area contributed by atoms with E-state index in [1.54, 1.807) is 6.08 Å². The van der Waals surface area contributed by atoms with E-state index in [4.69, 9.17) is 5.73 Å². The van der Waals surface area contributed by atoms with Gasteiger partial charge in [-0.25, -0.2) is 4.99 Å². The fourth-order valence-electron chi connectivity index (χ4n) is 2.34. The van der Waals surface area contributed by atoms with E-state index in [-0.39, 0.29) is 17.8 Å². The van der Waals surface area contributed by atoms with E-state index >= 15 is 0 Å². The maximum absolute atomic E-state index is 11.9. The van der Waals surface area contributed by atoms with Gasteiger partial charge in [-0.1, -0.05) is 6.08 Å². The van der Waals surface area contributed by atoms with Gasteiger partial charge >= 0.3 is 0 Å². The molecule has 0 aromatic carbocycles. The van der Waals surface area contributed by atoms with Crippen LogP contribution in [0.15, 0.2) is 17.1 Å². The number of aromatic nitrogens is 1. The van der Waals surface area contributed by atoms with Crippen molar-refractivity contribution < 1.29 is 9.59 Å². The number of hydrogen-bond acceptors (Lipinski definition) is 4. The van der Waals surface area contributed by atoms with Gasteiger partial charge in [-0.05, 0) is 18.6 Å². The van der Waals surface area contributed by atoms with Gasteiger partial charge < -0.3 is 16.0 Å². The number of hydrogen-bond donors (Lipinski definition) is 4. The third-order valence-electron chi connectivity index (χ3n) is 3.14. The van der Waals surface area contributed by atoms with Crippen molar-refractivity contribution >= 4 is 23.3 Å². The van der Waals surface area contributed by atoms with Gasteiger partial charge in [0.25, 0.3) is 11.8 Å². The number of carbonyl (C=O) groups is 2. The van der Waals surface area contributed by atoms with Crippen molar-refractivity contribution in [3.05, 3.63) is 29.1 Å². The van der Waals surface area contributed by atoms with Crippen molar-refractivity contribution in [2.75, 3.05) is 6.54 Å². The van der Waals surface area contributed by atoms with Crippen LogP contribution in [0.3, 0.4) is 0 Å². The highest BCUT2D eigenvalue weighted by atomic mass is 16.2. The quantitative estimate of drug-likeness (QED) is 0.533. The van der Waals surface area contributed by atoms with Crippen LogP contribution in [0.5, 0.6) is 0 Å². The molecule has 98 valence electrons. The van der Waals surface area contributed by atoms with E-state index < -0.39 is 6.04 Å². The van der Waals surface area contributed by atoms with Crippen molar-refractivity contribution in [2.45, 2.75) is 13.0 Å². The Kier molecular flexibility index (Phi) is 2.41. The van der Waals surface area contributed by atoms with Gasteiger partial charge in [0, 0.05) is 17.8 Å². The molecular formula is C12H13N5O2. The normalized spacial score (nSPS) is 22.1. The van der Waals surface area contributed by atoms with Crippen LogP contribution in [-0.4, -0.2) is 35.3 Å². The van der Waals surface area contributed by atoms with E-state index in [2.05, 4.69) is 20.6 Å². The van der Waals surface area contributed by atoms with Gasteiger partial charge in [0.2, 0.25) is 0 Å². The summed E-state index contributed by atoms with van der Waals surface area (Å²) in [5.41, 5.74) is 8.21. The van der Waals surface area contributed by atoms with Gasteiger partial charge in [0.1, 0.15) is 5.69 Å². The van der Waals surface area contributed by atoms with Crippen LogP contribution in [0.1, 0.15) is 21.7 Å². The smallest absolute Gasteiger partial charge is 0.268 e. The lowest BCUT2D eigenvalue weighted by molar-refractivity contribution is -0.118. The summed E-state index contributed by atoms with van der Waals surface area (Å²) in [6.07, 6.45) is 1.80. The average Bonchev–Trinajstić information content (AvgIpc) is 2.84. The summed E-state index contributed by atoms with van der Waals surface area (Å²) in [7, 11) is 0. The van der Waals surface area contributed by atoms with Crippen molar-refractivity contribution in [3.8, 4) is 0 Å². The molecule has 0 saturated heterocycles. The van der Waals surface area contributed by atoms with Gasteiger partial charge in [-0.2, -0.15) is 0 Å². The van der Waals surface area contributed by atoms with Crippen LogP contribution in [-0.2, 0) is 4.79 Å². The fourth-order valence-corrected chi connectivity index (χ4v) is 2.34. The zero-order valence-corrected chi connectivity index (χ0v) is 10.3. The Morgan fingerprint density at radius 3 is 2.89 bits per heavy atom. The number of aryl methyl sites for hydroxylation is 1. The molecule has 2 aliphatic heterocycles. The average molecular weight is 259 g/mol. The standard InChI is InChI=1S/C12H13N5O2/c1-5-4-7-6(8-11(19)17-12(13)16-8)2-3-14-10(18)9(7)15-5/h2,4,8,15H,3H2,1H3,(H,14,18)(H3,13,16,17,19). The minimum Gasteiger partial charge on any atom is -0.370 e. The molecule has 0 radical (unpaired) electrons. The second-order valence-electron chi connectivity index (χ2n) is 4.52. The molecule has 7 heteroatoms. The minimum atomic E-state index is -0.693. The predicted molar refractivity (Wildman–Crippen MR) is 69.4 cm³/mol. The second kappa shape index (κ2) is 3.98. The van der Waals surface area contributed by atoms with Crippen molar-refractivity contribution in [1.29, 1.82) is 0 Å². The first-order valence-electron chi connectivity index (χ1n) is 5.88. The Morgan fingerprint density at radius 1 is 1.42 bits per heavy atom. The van der Waals surface area contributed by atoms with Crippen molar-refractivity contribution in [3.63, 3.8) is 0 Å². The number of carbonyl (C=O) groups excluding carboxylic acids is 2. The summed E-state index contributed by atoms with van der Waals surface area (Å²) >= 11 is 0. The summed E-state index contributed by atoms with van der Waals surface area (Å²) in [4.78, 5) is 30.8. The molecule has 2 amide bonds.